The molecular weight excluding hydrogens is 234 g/mol. The highest BCUT2D eigenvalue weighted by atomic mass is 16.7. The molecule has 0 bridgehead atoms. The minimum atomic E-state index is 0.276. The molecular formula is C11H13N5O2. The van der Waals surface area contributed by atoms with Gasteiger partial charge >= 0.3 is 0 Å². The van der Waals surface area contributed by atoms with Gasteiger partial charge in [0.05, 0.1) is 0 Å². The number of nitrogens with one attached hydrogen (secondary N) is 3. The van der Waals surface area contributed by atoms with Crippen LogP contribution in [-0.4, -0.2) is 29.0 Å². The average molecular weight is 247 g/mol. The third-order valence-electron chi connectivity index (χ3n) is 2.65. The smallest absolute Gasteiger partial charge is 0.231 e. The van der Waals surface area contributed by atoms with Crippen molar-refractivity contribution < 1.29 is 9.47 Å². The van der Waals surface area contributed by atoms with Crippen LogP contribution in [0.3, 0.4) is 0 Å². The van der Waals surface area contributed by atoms with Crippen LogP contribution in [0.4, 0.5) is 11.9 Å². The number of aromatic nitrogens is 3. The predicted octanol–water partition coefficient (Wildman–Crippen LogP) is 1.19. The number of para-hydroxylation sites is 1. The monoisotopic (exact) mass is 247 g/mol. The first kappa shape index (κ1) is 10.7. The second-order valence-corrected chi connectivity index (χ2v) is 3.78. The van der Waals surface area contributed by atoms with Gasteiger partial charge in [-0.3, -0.25) is 4.98 Å². The van der Waals surface area contributed by atoms with Crippen LogP contribution in [0, 0.1) is 0 Å². The predicted molar refractivity (Wildman–Crippen MR) is 65.8 cm³/mol. The zero-order valence-corrected chi connectivity index (χ0v) is 9.86. The van der Waals surface area contributed by atoms with Crippen LogP contribution >= 0.6 is 0 Å². The molecule has 0 amide bonds. The van der Waals surface area contributed by atoms with Crippen LogP contribution in [0.5, 0.6) is 11.5 Å². The summed E-state index contributed by atoms with van der Waals surface area (Å²) in [6.07, 6.45) is 0. The van der Waals surface area contributed by atoms with Gasteiger partial charge in [0, 0.05) is 19.2 Å². The lowest BCUT2D eigenvalue weighted by atomic mass is 10.2. The standard InChI is InChI=1S/C11H13N5O2/c1-12-10-14-11(16-15-10)13-5-7-3-2-4-8-9(7)18-6-17-8/h2-4H,5-6H2,1H3,(H3,12,13,14,15,16). The fourth-order valence-electron chi connectivity index (χ4n) is 1.76. The molecule has 0 spiro atoms. The molecule has 1 aliphatic rings. The van der Waals surface area contributed by atoms with Gasteiger partial charge in [0.1, 0.15) is 0 Å². The number of H-pyrrole nitrogens is 1. The molecule has 18 heavy (non-hydrogen) atoms. The molecule has 1 aromatic carbocycles. The van der Waals surface area contributed by atoms with Crippen LogP contribution in [0.15, 0.2) is 18.2 Å². The van der Waals surface area contributed by atoms with Gasteiger partial charge in [-0.2, -0.15) is 0 Å². The molecule has 0 aliphatic carbocycles. The number of anilines is 2. The molecule has 3 N–H and O–H groups in total. The molecule has 0 unspecified atom stereocenters. The Hall–Kier alpha value is -2.44. The molecule has 94 valence electrons. The van der Waals surface area contributed by atoms with E-state index in [4.69, 9.17) is 9.47 Å². The summed E-state index contributed by atoms with van der Waals surface area (Å²) in [6, 6.07) is 5.80. The lowest BCUT2D eigenvalue weighted by molar-refractivity contribution is 0.173. The van der Waals surface area contributed by atoms with Crippen molar-refractivity contribution in [3.63, 3.8) is 0 Å². The topological polar surface area (TPSA) is 84.1 Å². The number of hydrogen-bond donors (Lipinski definition) is 3. The van der Waals surface area contributed by atoms with Gasteiger partial charge in [0.25, 0.3) is 0 Å². The van der Waals surface area contributed by atoms with E-state index in [1.807, 2.05) is 18.2 Å². The summed E-state index contributed by atoms with van der Waals surface area (Å²) in [7, 11) is 1.78. The Kier molecular flexibility index (Phi) is 2.64. The first-order valence-electron chi connectivity index (χ1n) is 5.58. The maximum absolute atomic E-state index is 5.42. The first-order chi connectivity index (χ1) is 8.86. The van der Waals surface area contributed by atoms with Gasteiger partial charge in [0.2, 0.25) is 18.7 Å². The van der Waals surface area contributed by atoms with Gasteiger partial charge in [-0.15, -0.1) is 10.2 Å². The summed E-state index contributed by atoms with van der Waals surface area (Å²) in [5, 5.41) is 13.8. The Morgan fingerprint density at radius 1 is 1.28 bits per heavy atom. The van der Waals surface area contributed by atoms with Crippen LogP contribution in [0.1, 0.15) is 5.56 Å². The molecule has 0 saturated heterocycles. The molecule has 2 aromatic rings. The van der Waals surface area contributed by atoms with Gasteiger partial charge < -0.3 is 20.1 Å². The SMILES string of the molecule is CNc1nnc(NCc2cccc3c2OCO3)[nH]1. The first-order valence-corrected chi connectivity index (χ1v) is 5.58. The van der Waals surface area contributed by atoms with E-state index >= 15 is 0 Å². The maximum atomic E-state index is 5.42. The average Bonchev–Trinajstić information content (AvgIpc) is 3.05. The van der Waals surface area contributed by atoms with E-state index in [1.165, 1.54) is 0 Å². The number of fused-ring (bicyclic) bond motifs is 1. The Morgan fingerprint density at radius 2 is 2.17 bits per heavy atom. The van der Waals surface area contributed by atoms with Crippen molar-refractivity contribution in [2.75, 3.05) is 24.5 Å². The van der Waals surface area contributed by atoms with Crippen molar-refractivity contribution in [1.29, 1.82) is 0 Å². The molecule has 1 aromatic heterocycles. The van der Waals surface area contributed by atoms with E-state index in [2.05, 4.69) is 25.8 Å². The molecule has 3 rings (SSSR count). The number of rotatable bonds is 4. The highest BCUT2D eigenvalue weighted by Crippen LogP contribution is 2.35. The Balaban J connectivity index is 1.72. The minimum absolute atomic E-state index is 0.276. The normalized spacial score (nSPS) is 12.5. The van der Waals surface area contributed by atoms with Gasteiger partial charge in [-0.25, -0.2) is 0 Å². The van der Waals surface area contributed by atoms with E-state index in [-0.39, 0.29) is 6.79 Å². The number of nitrogens with zero attached hydrogens (tertiary/aromatic N) is 2. The summed E-state index contributed by atoms with van der Waals surface area (Å²) in [5.41, 5.74) is 1.02. The van der Waals surface area contributed by atoms with Crippen molar-refractivity contribution in [3.8, 4) is 11.5 Å². The maximum Gasteiger partial charge on any atom is 0.231 e. The number of hydrogen-bond acceptors (Lipinski definition) is 6. The van der Waals surface area contributed by atoms with Crippen LogP contribution in [-0.2, 0) is 6.54 Å². The van der Waals surface area contributed by atoms with Crippen molar-refractivity contribution >= 4 is 11.9 Å². The zero-order chi connectivity index (χ0) is 12.4. The number of benzene rings is 1. The molecule has 0 fully saturated rings. The fourth-order valence-corrected chi connectivity index (χ4v) is 1.76. The minimum Gasteiger partial charge on any atom is -0.454 e. The van der Waals surface area contributed by atoms with Gasteiger partial charge in [0.15, 0.2) is 11.5 Å². The van der Waals surface area contributed by atoms with E-state index in [9.17, 15) is 0 Å². The van der Waals surface area contributed by atoms with Crippen LogP contribution in [0.25, 0.3) is 0 Å². The highest BCUT2D eigenvalue weighted by Gasteiger charge is 2.16. The second kappa shape index (κ2) is 4.44. The summed E-state index contributed by atoms with van der Waals surface area (Å²) in [5.74, 6) is 2.80. The van der Waals surface area contributed by atoms with E-state index < -0.39 is 0 Å². The Labute approximate surface area is 104 Å². The van der Waals surface area contributed by atoms with Crippen molar-refractivity contribution in [1.82, 2.24) is 15.2 Å². The van der Waals surface area contributed by atoms with Crippen molar-refractivity contribution in [3.05, 3.63) is 23.8 Å². The van der Waals surface area contributed by atoms with Crippen LogP contribution < -0.4 is 20.1 Å². The van der Waals surface area contributed by atoms with E-state index in [1.54, 1.807) is 7.05 Å². The quantitative estimate of drug-likeness (QED) is 0.752. The summed E-state index contributed by atoms with van der Waals surface area (Å²) in [6.45, 7) is 0.865. The second-order valence-electron chi connectivity index (χ2n) is 3.78. The molecule has 0 radical (unpaired) electrons. The summed E-state index contributed by atoms with van der Waals surface area (Å²) in [4.78, 5) is 2.98. The molecule has 0 atom stereocenters. The zero-order valence-electron chi connectivity index (χ0n) is 9.86. The highest BCUT2D eigenvalue weighted by molar-refractivity contribution is 5.49. The third kappa shape index (κ3) is 1.90. The third-order valence-corrected chi connectivity index (χ3v) is 2.65. The largest absolute Gasteiger partial charge is 0.454 e. The fraction of sp³-hybridized carbons (Fsp3) is 0.273. The van der Waals surface area contributed by atoms with Crippen molar-refractivity contribution in [2.45, 2.75) is 6.54 Å². The van der Waals surface area contributed by atoms with E-state index in [0.29, 0.717) is 18.4 Å². The summed E-state index contributed by atoms with van der Waals surface area (Å²) < 4.78 is 10.7. The van der Waals surface area contributed by atoms with Gasteiger partial charge in [-0.05, 0) is 6.07 Å². The van der Waals surface area contributed by atoms with E-state index in [0.717, 1.165) is 17.1 Å². The molecule has 0 saturated carbocycles. The van der Waals surface area contributed by atoms with Gasteiger partial charge in [-0.1, -0.05) is 12.1 Å². The lowest BCUT2D eigenvalue weighted by Crippen LogP contribution is -2.02. The number of ether oxygens (including phenoxy) is 2. The van der Waals surface area contributed by atoms with Crippen molar-refractivity contribution in [2.24, 2.45) is 0 Å². The lowest BCUT2D eigenvalue weighted by Gasteiger charge is -2.06. The Morgan fingerprint density at radius 3 is 3.00 bits per heavy atom. The summed E-state index contributed by atoms with van der Waals surface area (Å²) >= 11 is 0. The molecule has 2 heterocycles. The van der Waals surface area contributed by atoms with Crippen LogP contribution in [0.2, 0.25) is 0 Å². The Bertz CT molecular complexity index is 554. The molecule has 7 nitrogen and oxygen atoms in total. The molecule has 1 aliphatic heterocycles. The molecule has 7 heteroatoms. The number of aromatic amines is 1.